The van der Waals surface area contributed by atoms with Gasteiger partial charge in [-0.1, -0.05) is 36.4 Å². The zero-order valence-corrected chi connectivity index (χ0v) is 25.5. The molecule has 0 fully saturated rings. The van der Waals surface area contributed by atoms with Gasteiger partial charge in [-0.2, -0.15) is 4.31 Å². The molecule has 2 aromatic heterocycles. The van der Waals surface area contributed by atoms with Crippen molar-refractivity contribution >= 4 is 39.1 Å². The minimum absolute atomic E-state index is 0.248. The summed E-state index contributed by atoms with van der Waals surface area (Å²) in [7, 11) is -3.18. The SMILES string of the molecule is CCn1nnc2c(C)c(C(c3cc(CN4CC(C)Cc5ccccc5S4(O)O)c(C)s3)C(C)(C)C(=O)O)ccc21. The summed E-state index contributed by atoms with van der Waals surface area (Å²) >= 11 is 1.58. The number of hydrogen-bond acceptors (Lipinski definition) is 7. The second kappa shape index (κ2) is 10.6. The molecule has 0 radical (unpaired) electrons. The van der Waals surface area contributed by atoms with Crippen molar-refractivity contribution in [3.05, 3.63) is 74.5 Å². The first-order chi connectivity index (χ1) is 18.9. The first kappa shape index (κ1) is 28.8. The van der Waals surface area contributed by atoms with Crippen LogP contribution in [0.3, 0.4) is 0 Å². The number of rotatable bonds is 7. The number of nitrogens with zero attached hydrogens (tertiary/aromatic N) is 4. The molecule has 2 unspecified atom stereocenters. The van der Waals surface area contributed by atoms with Gasteiger partial charge in [0.1, 0.15) is 5.52 Å². The maximum absolute atomic E-state index is 12.6. The van der Waals surface area contributed by atoms with Crippen molar-refractivity contribution in [3.63, 3.8) is 0 Å². The smallest absolute Gasteiger partial charge is 0.310 e. The monoisotopic (exact) mass is 582 g/mol. The van der Waals surface area contributed by atoms with E-state index in [4.69, 9.17) is 0 Å². The first-order valence-electron chi connectivity index (χ1n) is 13.6. The van der Waals surface area contributed by atoms with Gasteiger partial charge in [-0.25, -0.2) is 4.68 Å². The number of carbonyl (C=O) groups is 1. The van der Waals surface area contributed by atoms with E-state index in [2.05, 4.69) is 23.3 Å². The number of carboxylic acid groups (broad SMARTS) is 1. The highest BCUT2D eigenvalue weighted by Gasteiger charge is 2.41. The molecule has 10 heteroatoms. The van der Waals surface area contributed by atoms with E-state index in [9.17, 15) is 19.0 Å². The molecular weight excluding hydrogens is 544 g/mol. The summed E-state index contributed by atoms with van der Waals surface area (Å²) in [5.41, 5.74) is 4.41. The standard InChI is InChI=1S/C30H38N4O4S2/c1-7-34-24-13-12-23(19(3)28(24)31-32-34)27(30(5,6)29(35)36)25-15-22(20(4)39-25)17-33-16-18(2)14-21-10-8-9-11-26(21)40(33,37)38/h8-13,15,18,27,37-38H,7,14,16-17H2,1-6H3,(H,35,36). The summed E-state index contributed by atoms with van der Waals surface area (Å²) in [6.07, 6.45) is 0.787. The summed E-state index contributed by atoms with van der Waals surface area (Å²) in [6.45, 7) is 13.3. The van der Waals surface area contributed by atoms with E-state index in [1.165, 1.54) is 0 Å². The Kier molecular flexibility index (Phi) is 7.60. The third-order valence-electron chi connectivity index (χ3n) is 8.25. The number of aryl methyl sites for hydroxylation is 3. The van der Waals surface area contributed by atoms with Crippen LogP contribution in [0.25, 0.3) is 11.0 Å². The second-order valence-corrected chi connectivity index (χ2v) is 14.8. The Hall–Kier alpha value is -2.76. The van der Waals surface area contributed by atoms with Gasteiger partial charge in [0.25, 0.3) is 0 Å². The quantitative estimate of drug-likeness (QED) is 0.213. The Morgan fingerprint density at radius 1 is 1.20 bits per heavy atom. The van der Waals surface area contributed by atoms with Crippen LogP contribution in [-0.2, 0) is 24.3 Å². The molecule has 2 atom stereocenters. The van der Waals surface area contributed by atoms with Gasteiger partial charge in [-0.15, -0.1) is 27.2 Å². The molecule has 1 aliphatic heterocycles. The molecule has 3 N–H and O–H groups in total. The van der Waals surface area contributed by atoms with Crippen LogP contribution in [0.5, 0.6) is 0 Å². The number of aliphatic carboxylic acids is 1. The fourth-order valence-electron chi connectivity index (χ4n) is 5.91. The van der Waals surface area contributed by atoms with Crippen LogP contribution in [0, 0.1) is 25.2 Å². The average molecular weight is 583 g/mol. The Bertz CT molecular complexity index is 1580. The number of thiophene rings is 1. The van der Waals surface area contributed by atoms with Crippen molar-refractivity contribution in [1.29, 1.82) is 0 Å². The van der Waals surface area contributed by atoms with Gasteiger partial charge in [0.15, 0.2) is 0 Å². The van der Waals surface area contributed by atoms with E-state index in [0.29, 0.717) is 24.5 Å². The largest absolute Gasteiger partial charge is 0.481 e. The van der Waals surface area contributed by atoms with E-state index < -0.39 is 28.1 Å². The number of hydrogen-bond donors (Lipinski definition) is 3. The summed E-state index contributed by atoms with van der Waals surface area (Å²) < 4.78 is 26.6. The third kappa shape index (κ3) is 4.86. The maximum atomic E-state index is 12.6. The van der Waals surface area contributed by atoms with Crippen LogP contribution in [0.4, 0.5) is 0 Å². The number of carboxylic acids is 1. The molecule has 0 saturated heterocycles. The predicted octanol–water partition coefficient (Wildman–Crippen LogP) is 7.09. The topological polar surface area (TPSA) is 112 Å². The summed E-state index contributed by atoms with van der Waals surface area (Å²) in [5.74, 6) is -1.06. The first-order valence-corrected chi connectivity index (χ1v) is 15.9. The van der Waals surface area contributed by atoms with Gasteiger partial charge < -0.3 is 5.11 Å². The molecule has 8 nitrogen and oxygen atoms in total. The highest BCUT2D eigenvalue weighted by atomic mass is 32.3. The molecule has 4 aromatic rings. The summed E-state index contributed by atoms with van der Waals surface area (Å²) in [6, 6.07) is 13.7. The Morgan fingerprint density at radius 3 is 2.62 bits per heavy atom. The molecule has 5 rings (SSSR count). The van der Waals surface area contributed by atoms with Crippen molar-refractivity contribution in [1.82, 2.24) is 19.3 Å². The minimum atomic E-state index is -3.18. The Balaban J connectivity index is 1.57. The lowest BCUT2D eigenvalue weighted by atomic mass is 9.72. The van der Waals surface area contributed by atoms with Crippen molar-refractivity contribution in [2.24, 2.45) is 11.3 Å². The molecule has 0 amide bonds. The lowest BCUT2D eigenvalue weighted by molar-refractivity contribution is -0.147. The highest BCUT2D eigenvalue weighted by molar-refractivity contribution is 8.22. The van der Waals surface area contributed by atoms with Crippen LogP contribution in [0.2, 0.25) is 0 Å². The molecule has 0 saturated carbocycles. The molecule has 0 bridgehead atoms. The fraction of sp³-hybridized carbons (Fsp3) is 0.433. The van der Waals surface area contributed by atoms with Crippen LogP contribution >= 0.6 is 22.1 Å². The summed E-state index contributed by atoms with van der Waals surface area (Å²) in [4.78, 5) is 15.2. The molecule has 0 spiro atoms. The molecular formula is C30H38N4O4S2. The maximum Gasteiger partial charge on any atom is 0.310 e. The van der Waals surface area contributed by atoms with E-state index in [-0.39, 0.29) is 5.92 Å². The molecule has 214 valence electrons. The van der Waals surface area contributed by atoms with Crippen LogP contribution in [0.1, 0.15) is 65.6 Å². The molecule has 0 aliphatic carbocycles. The molecule has 2 aromatic carbocycles. The Labute approximate surface area is 241 Å². The van der Waals surface area contributed by atoms with Gasteiger partial charge in [0.2, 0.25) is 0 Å². The second-order valence-electron chi connectivity index (χ2n) is 11.5. The highest BCUT2D eigenvalue weighted by Crippen LogP contribution is 2.56. The predicted molar refractivity (Wildman–Crippen MR) is 161 cm³/mol. The van der Waals surface area contributed by atoms with Crippen molar-refractivity contribution in [2.45, 2.75) is 71.9 Å². The number of aromatic nitrogens is 3. The Morgan fingerprint density at radius 2 is 1.93 bits per heavy atom. The van der Waals surface area contributed by atoms with Gasteiger partial charge in [0, 0.05) is 35.3 Å². The average Bonchev–Trinajstić information content (AvgIpc) is 3.46. The van der Waals surface area contributed by atoms with Crippen LogP contribution in [0.15, 0.2) is 47.4 Å². The molecule has 1 aliphatic rings. The van der Waals surface area contributed by atoms with E-state index in [0.717, 1.165) is 49.5 Å². The number of fused-ring (bicyclic) bond motifs is 2. The lowest BCUT2D eigenvalue weighted by Crippen LogP contribution is -2.32. The van der Waals surface area contributed by atoms with E-state index in [1.807, 2.05) is 61.9 Å². The van der Waals surface area contributed by atoms with Gasteiger partial charge >= 0.3 is 5.97 Å². The van der Waals surface area contributed by atoms with E-state index in [1.54, 1.807) is 29.5 Å². The van der Waals surface area contributed by atoms with Crippen molar-refractivity contribution in [2.75, 3.05) is 6.54 Å². The fourth-order valence-corrected chi connectivity index (χ4v) is 9.08. The molecule has 40 heavy (non-hydrogen) atoms. The van der Waals surface area contributed by atoms with Gasteiger partial charge in [-0.3, -0.25) is 13.9 Å². The molecule has 3 heterocycles. The summed E-state index contributed by atoms with van der Waals surface area (Å²) in [5, 5.41) is 19.0. The van der Waals surface area contributed by atoms with Crippen molar-refractivity contribution in [3.8, 4) is 0 Å². The number of benzene rings is 2. The zero-order chi connectivity index (χ0) is 29.0. The van der Waals surface area contributed by atoms with Crippen molar-refractivity contribution < 1.29 is 19.0 Å². The van der Waals surface area contributed by atoms with Gasteiger partial charge in [-0.05, 0) is 87.4 Å². The third-order valence-corrected chi connectivity index (χ3v) is 11.4. The van der Waals surface area contributed by atoms with Crippen LogP contribution in [-0.4, -0.2) is 46.0 Å². The lowest BCUT2D eigenvalue weighted by Gasteiger charge is -2.42. The normalized spacial score (nSPS) is 19.2. The van der Waals surface area contributed by atoms with E-state index >= 15 is 0 Å². The minimum Gasteiger partial charge on any atom is -0.481 e. The zero-order valence-electron chi connectivity index (χ0n) is 23.9. The van der Waals surface area contributed by atoms with Crippen LogP contribution < -0.4 is 0 Å². The van der Waals surface area contributed by atoms with Gasteiger partial charge in [0.05, 0.1) is 15.8 Å².